The number of esters is 2. The number of hydrogen-bond donors (Lipinski definition) is 0. The largest absolute Gasteiger partial charge is 0.466 e. The third-order valence-corrected chi connectivity index (χ3v) is 4.13. The molecule has 0 atom stereocenters. The van der Waals surface area contributed by atoms with Gasteiger partial charge in [0.1, 0.15) is 0 Å². The van der Waals surface area contributed by atoms with Crippen LogP contribution in [0.5, 0.6) is 0 Å². The first-order chi connectivity index (χ1) is 10.6. The summed E-state index contributed by atoms with van der Waals surface area (Å²) in [6, 6.07) is 7.94. The minimum absolute atomic E-state index is 0.0875. The molecule has 0 radical (unpaired) electrons. The van der Waals surface area contributed by atoms with Crippen LogP contribution in [0, 0.1) is 5.41 Å². The molecule has 4 heteroatoms. The first-order valence-electron chi connectivity index (χ1n) is 8.01. The van der Waals surface area contributed by atoms with E-state index in [1.165, 1.54) is 0 Å². The zero-order chi connectivity index (χ0) is 16.0. The van der Waals surface area contributed by atoms with Crippen molar-refractivity contribution in [2.45, 2.75) is 46.0 Å². The smallest absolute Gasteiger partial charge is 0.313 e. The Morgan fingerprint density at radius 1 is 1.09 bits per heavy atom. The topological polar surface area (TPSA) is 52.6 Å². The highest BCUT2D eigenvalue weighted by atomic mass is 16.5. The molecule has 0 spiro atoms. The highest BCUT2D eigenvalue weighted by molar-refractivity contribution is 5.85. The van der Waals surface area contributed by atoms with E-state index in [1.807, 2.05) is 31.2 Å². The maximum Gasteiger partial charge on any atom is 0.313 e. The minimum atomic E-state index is -0.803. The average Bonchev–Trinajstić information content (AvgIpc) is 2.87. The average molecular weight is 304 g/mol. The van der Waals surface area contributed by atoms with Crippen molar-refractivity contribution in [3.05, 3.63) is 35.4 Å². The first-order valence-corrected chi connectivity index (χ1v) is 8.01. The SMILES string of the molecule is CCCCOC(=O)CC1(C(=O)OCC)Cc2ccccc2C1. The molecule has 22 heavy (non-hydrogen) atoms. The molecule has 1 aromatic carbocycles. The quantitative estimate of drug-likeness (QED) is 0.574. The van der Waals surface area contributed by atoms with Crippen LogP contribution in [-0.4, -0.2) is 25.2 Å². The molecule has 0 aromatic heterocycles. The van der Waals surface area contributed by atoms with Crippen LogP contribution in [-0.2, 0) is 31.9 Å². The molecule has 0 N–H and O–H groups in total. The zero-order valence-electron chi connectivity index (χ0n) is 13.4. The van der Waals surface area contributed by atoms with E-state index in [1.54, 1.807) is 6.92 Å². The van der Waals surface area contributed by atoms with Gasteiger partial charge in [0, 0.05) is 0 Å². The highest BCUT2D eigenvalue weighted by Crippen LogP contribution is 2.41. The van der Waals surface area contributed by atoms with Gasteiger partial charge >= 0.3 is 11.9 Å². The summed E-state index contributed by atoms with van der Waals surface area (Å²) >= 11 is 0. The summed E-state index contributed by atoms with van der Waals surface area (Å²) in [6.45, 7) is 4.57. The second-order valence-electron chi connectivity index (χ2n) is 5.87. The summed E-state index contributed by atoms with van der Waals surface area (Å²) in [7, 11) is 0. The van der Waals surface area contributed by atoms with Crippen molar-refractivity contribution in [1.82, 2.24) is 0 Å². The molecular formula is C18H24O4. The number of hydrogen-bond acceptors (Lipinski definition) is 4. The van der Waals surface area contributed by atoms with E-state index in [0.717, 1.165) is 24.0 Å². The molecule has 1 aliphatic carbocycles. The molecule has 0 saturated carbocycles. The Hall–Kier alpha value is -1.84. The molecule has 0 heterocycles. The number of rotatable bonds is 7. The molecule has 0 bridgehead atoms. The summed E-state index contributed by atoms with van der Waals surface area (Å²) in [6.07, 6.45) is 3.00. The van der Waals surface area contributed by atoms with E-state index in [-0.39, 0.29) is 18.4 Å². The van der Waals surface area contributed by atoms with Crippen LogP contribution in [0.15, 0.2) is 24.3 Å². The third-order valence-electron chi connectivity index (χ3n) is 4.13. The lowest BCUT2D eigenvalue weighted by molar-refractivity contribution is -0.162. The van der Waals surface area contributed by atoms with E-state index < -0.39 is 5.41 Å². The van der Waals surface area contributed by atoms with E-state index in [0.29, 0.717) is 26.1 Å². The Kier molecular flexibility index (Phi) is 5.58. The Labute approximate surface area is 131 Å². The standard InChI is InChI=1S/C18H24O4/c1-3-5-10-22-16(19)13-18(17(20)21-4-2)11-14-8-6-7-9-15(14)12-18/h6-9H,3-5,10-13H2,1-2H3. The van der Waals surface area contributed by atoms with E-state index in [4.69, 9.17) is 9.47 Å². The van der Waals surface area contributed by atoms with Gasteiger partial charge in [0.05, 0.1) is 25.0 Å². The lowest BCUT2D eigenvalue weighted by Gasteiger charge is -2.25. The van der Waals surface area contributed by atoms with Crippen LogP contribution < -0.4 is 0 Å². The zero-order valence-corrected chi connectivity index (χ0v) is 13.4. The van der Waals surface area contributed by atoms with Gasteiger partial charge in [-0.2, -0.15) is 0 Å². The number of benzene rings is 1. The fourth-order valence-electron chi connectivity index (χ4n) is 2.98. The van der Waals surface area contributed by atoms with Crippen LogP contribution in [0.3, 0.4) is 0 Å². The number of carbonyl (C=O) groups is 2. The van der Waals surface area contributed by atoms with Crippen molar-refractivity contribution >= 4 is 11.9 Å². The Bertz CT molecular complexity index is 511. The van der Waals surface area contributed by atoms with Gasteiger partial charge in [-0.1, -0.05) is 37.6 Å². The van der Waals surface area contributed by atoms with Gasteiger partial charge in [0.15, 0.2) is 0 Å². The van der Waals surface area contributed by atoms with Gasteiger partial charge in [0.2, 0.25) is 0 Å². The van der Waals surface area contributed by atoms with Crippen LogP contribution in [0.25, 0.3) is 0 Å². The van der Waals surface area contributed by atoms with Gasteiger partial charge in [-0.05, 0) is 37.3 Å². The Morgan fingerprint density at radius 3 is 2.27 bits per heavy atom. The maximum absolute atomic E-state index is 12.5. The van der Waals surface area contributed by atoms with Gasteiger partial charge in [-0.25, -0.2) is 0 Å². The predicted octanol–water partition coefficient (Wildman–Crippen LogP) is 3.07. The molecule has 1 aliphatic rings. The van der Waals surface area contributed by atoms with Gasteiger partial charge in [-0.15, -0.1) is 0 Å². The Balaban J connectivity index is 2.11. The van der Waals surface area contributed by atoms with Crippen LogP contribution in [0.1, 0.15) is 44.2 Å². The monoisotopic (exact) mass is 304 g/mol. The number of fused-ring (bicyclic) bond motifs is 1. The van der Waals surface area contributed by atoms with E-state index in [9.17, 15) is 9.59 Å². The summed E-state index contributed by atoms with van der Waals surface area (Å²) in [5.74, 6) is -0.604. The van der Waals surface area contributed by atoms with Crippen molar-refractivity contribution in [2.75, 3.05) is 13.2 Å². The number of carbonyl (C=O) groups excluding carboxylic acids is 2. The minimum Gasteiger partial charge on any atom is -0.466 e. The highest BCUT2D eigenvalue weighted by Gasteiger charge is 2.47. The van der Waals surface area contributed by atoms with Crippen molar-refractivity contribution in [3.8, 4) is 0 Å². The van der Waals surface area contributed by atoms with Crippen molar-refractivity contribution in [1.29, 1.82) is 0 Å². The molecule has 0 aliphatic heterocycles. The molecule has 4 nitrogen and oxygen atoms in total. The lowest BCUT2D eigenvalue weighted by atomic mass is 9.81. The maximum atomic E-state index is 12.5. The van der Waals surface area contributed by atoms with E-state index in [2.05, 4.69) is 0 Å². The fraction of sp³-hybridized carbons (Fsp3) is 0.556. The number of unbranched alkanes of at least 4 members (excludes halogenated alkanes) is 1. The van der Waals surface area contributed by atoms with Crippen LogP contribution in [0.2, 0.25) is 0 Å². The second-order valence-corrected chi connectivity index (χ2v) is 5.87. The van der Waals surface area contributed by atoms with Crippen molar-refractivity contribution < 1.29 is 19.1 Å². The van der Waals surface area contributed by atoms with Crippen LogP contribution >= 0.6 is 0 Å². The Morgan fingerprint density at radius 2 is 1.73 bits per heavy atom. The molecule has 0 fully saturated rings. The molecule has 120 valence electrons. The molecule has 0 saturated heterocycles. The summed E-state index contributed by atoms with van der Waals surface area (Å²) in [5, 5.41) is 0. The second kappa shape index (κ2) is 7.43. The van der Waals surface area contributed by atoms with Crippen molar-refractivity contribution in [2.24, 2.45) is 5.41 Å². The van der Waals surface area contributed by atoms with Gasteiger partial charge in [0.25, 0.3) is 0 Å². The molecule has 1 aromatic rings. The molecular weight excluding hydrogens is 280 g/mol. The summed E-state index contributed by atoms with van der Waals surface area (Å²) < 4.78 is 10.5. The summed E-state index contributed by atoms with van der Waals surface area (Å²) in [5.41, 5.74) is 1.44. The van der Waals surface area contributed by atoms with Gasteiger partial charge < -0.3 is 9.47 Å². The molecule has 0 amide bonds. The van der Waals surface area contributed by atoms with Crippen molar-refractivity contribution in [3.63, 3.8) is 0 Å². The molecule has 0 unspecified atom stereocenters. The predicted molar refractivity (Wildman–Crippen MR) is 83.4 cm³/mol. The fourth-order valence-corrected chi connectivity index (χ4v) is 2.98. The summed E-state index contributed by atoms with van der Waals surface area (Å²) in [4.78, 5) is 24.6. The molecule has 2 rings (SSSR count). The number of ether oxygens (including phenoxy) is 2. The first kappa shape index (κ1) is 16.5. The lowest BCUT2D eigenvalue weighted by Crippen LogP contribution is -2.36. The third kappa shape index (κ3) is 3.67. The van der Waals surface area contributed by atoms with Crippen LogP contribution in [0.4, 0.5) is 0 Å². The normalized spacial score (nSPS) is 15.2. The van der Waals surface area contributed by atoms with E-state index >= 15 is 0 Å². The van der Waals surface area contributed by atoms with Gasteiger partial charge in [-0.3, -0.25) is 9.59 Å².